The molecule has 6 heteroatoms. The highest BCUT2D eigenvalue weighted by Crippen LogP contribution is 2.36. The van der Waals surface area contributed by atoms with Crippen LogP contribution in [0.2, 0.25) is 0 Å². The van der Waals surface area contributed by atoms with E-state index >= 15 is 0 Å². The fourth-order valence-corrected chi connectivity index (χ4v) is 2.73. The number of hydrazine groups is 1. The van der Waals surface area contributed by atoms with Crippen LogP contribution in [0.1, 0.15) is 18.1 Å². The average molecular weight is 269 g/mol. The third-order valence-electron chi connectivity index (χ3n) is 3.51. The van der Waals surface area contributed by atoms with Crippen molar-refractivity contribution in [1.82, 2.24) is 5.01 Å². The van der Waals surface area contributed by atoms with Gasteiger partial charge in [0.25, 0.3) is 0 Å². The maximum Gasteiger partial charge on any atom is 0.183 e. The van der Waals surface area contributed by atoms with Crippen molar-refractivity contribution in [2.45, 2.75) is 18.9 Å². The standard InChI is InChI=1S/C12H13ClN2O3/c1-12(11(16)8-13)10-5-3-2-4-9(10)6-7-14(12)15(17)18/h2-5H,6-8H2,1H3. The van der Waals surface area contributed by atoms with E-state index in [-0.39, 0.29) is 18.2 Å². The first-order valence-electron chi connectivity index (χ1n) is 5.61. The number of halogens is 1. The molecule has 5 nitrogen and oxygen atoms in total. The molecule has 0 fully saturated rings. The highest BCUT2D eigenvalue weighted by Gasteiger charge is 2.49. The van der Waals surface area contributed by atoms with E-state index in [0.717, 1.165) is 10.6 Å². The lowest BCUT2D eigenvalue weighted by Gasteiger charge is -2.38. The molecule has 1 aliphatic heterocycles. The number of nitro groups is 1. The zero-order valence-electron chi connectivity index (χ0n) is 9.93. The molecule has 1 heterocycles. The first kappa shape index (κ1) is 12.8. The zero-order valence-corrected chi connectivity index (χ0v) is 10.7. The number of benzene rings is 1. The van der Waals surface area contributed by atoms with Crippen LogP contribution in [0.4, 0.5) is 0 Å². The molecule has 2 rings (SSSR count). The molecule has 96 valence electrons. The second kappa shape index (κ2) is 4.57. The lowest BCUT2D eigenvalue weighted by molar-refractivity contribution is -0.673. The Morgan fingerprint density at radius 3 is 2.83 bits per heavy atom. The van der Waals surface area contributed by atoms with Gasteiger partial charge in [-0.05, 0) is 24.5 Å². The van der Waals surface area contributed by atoms with Gasteiger partial charge in [-0.3, -0.25) is 4.79 Å². The summed E-state index contributed by atoms with van der Waals surface area (Å²) in [5.41, 5.74) is 0.371. The summed E-state index contributed by atoms with van der Waals surface area (Å²) >= 11 is 5.61. The van der Waals surface area contributed by atoms with Gasteiger partial charge < -0.3 is 0 Å². The number of carbonyl (C=O) groups excluding carboxylic acids is 1. The Balaban J connectivity index is 2.60. The Bertz CT molecular complexity index is 506. The number of ketones is 1. The Hall–Kier alpha value is -1.62. The Morgan fingerprint density at radius 1 is 1.56 bits per heavy atom. The van der Waals surface area contributed by atoms with Gasteiger partial charge in [0.1, 0.15) is 0 Å². The maximum absolute atomic E-state index is 12.1. The molecule has 0 aromatic heterocycles. The number of nitrogens with zero attached hydrogens (tertiary/aromatic N) is 2. The number of fused-ring (bicyclic) bond motifs is 1. The molecule has 0 bridgehead atoms. The van der Waals surface area contributed by atoms with E-state index in [4.69, 9.17) is 11.6 Å². The van der Waals surface area contributed by atoms with Crippen molar-refractivity contribution >= 4 is 17.4 Å². The highest BCUT2D eigenvalue weighted by atomic mass is 35.5. The van der Waals surface area contributed by atoms with Crippen molar-refractivity contribution in [3.63, 3.8) is 0 Å². The van der Waals surface area contributed by atoms with Gasteiger partial charge in [-0.15, -0.1) is 16.6 Å². The van der Waals surface area contributed by atoms with Crippen LogP contribution in [0.5, 0.6) is 0 Å². The van der Waals surface area contributed by atoms with Crippen LogP contribution in [0.15, 0.2) is 24.3 Å². The van der Waals surface area contributed by atoms with Gasteiger partial charge in [-0.25, -0.2) is 10.1 Å². The summed E-state index contributed by atoms with van der Waals surface area (Å²) in [5.74, 6) is -0.595. The van der Waals surface area contributed by atoms with E-state index in [1.54, 1.807) is 19.1 Å². The number of hydrogen-bond donors (Lipinski definition) is 0. The summed E-state index contributed by atoms with van der Waals surface area (Å²) in [6, 6.07) is 7.30. The number of hydrogen-bond acceptors (Lipinski definition) is 3. The first-order chi connectivity index (χ1) is 8.51. The summed E-state index contributed by atoms with van der Waals surface area (Å²) in [7, 11) is 0. The van der Waals surface area contributed by atoms with Crippen LogP contribution in [0.25, 0.3) is 0 Å². The van der Waals surface area contributed by atoms with Crippen LogP contribution in [-0.4, -0.2) is 28.2 Å². The molecule has 0 spiro atoms. The van der Waals surface area contributed by atoms with Gasteiger partial charge in [0, 0.05) is 0 Å². The molecule has 1 aromatic carbocycles. The number of Topliss-reactive ketones (excluding diaryl/α,β-unsaturated/α-hetero) is 1. The van der Waals surface area contributed by atoms with Crippen LogP contribution in [-0.2, 0) is 16.8 Å². The van der Waals surface area contributed by atoms with Crippen LogP contribution >= 0.6 is 11.6 Å². The van der Waals surface area contributed by atoms with Crippen molar-refractivity contribution in [1.29, 1.82) is 0 Å². The summed E-state index contributed by atoms with van der Waals surface area (Å²) in [6.45, 7) is 1.78. The van der Waals surface area contributed by atoms with Gasteiger partial charge in [-0.2, -0.15) is 0 Å². The minimum atomic E-state index is -1.28. The minimum absolute atomic E-state index is 0.211. The smallest absolute Gasteiger partial charge is 0.183 e. The largest absolute Gasteiger partial charge is 0.295 e. The molecule has 18 heavy (non-hydrogen) atoms. The molecule has 1 unspecified atom stereocenters. The molecular weight excluding hydrogens is 256 g/mol. The van der Waals surface area contributed by atoms with E-state index < -0.39 is 10.6 Å². The van der Waals surface area contributed by atoms with E-state index in [0.29, 0.717) is 12.0 Å². The van der Waals surface area contributed by atoms with Gasteiger partial charge in [0.15, 0.2) is 16.4 Å². The van der Waals surface area contributed by atoms with Crippen molar-refractivity contribution < 1.29 is 9.83 Å². The van der Waals surface area contributed by atoms with Crippen molar-refractivity contribution in [2.24, 2.45) is 0 Å². The number of alkyl halides is 1. The van der Waals surface area contributed by atoms with Crippen molar-refractivity contribution in [2.75, 3.05) is 12.4 Å². The van der Waals surface area contributed by atoms with Crippen LogP contribution in [0.3, 0.4) is 0 Å². The number of rotatable bonds is 3. The van der Waals surface area contributed by atoms with Crippen molar-refractivity contribution in [3.05, 3.63) is 45.5 Å². The lowest BCUT2D eigenvalue weighted by atomic mass is 9.80. The van der Waals surface area contributed by atoms with E-state index in [1.807, 2.05) is 12.1 Å². The van der Waals surface area contributed by atoms with Crippen LogP contribution in [0, 0.1) is 10.1 Å². The normalized spacial score (nSPS) is 22.4. The Morgan fingerprint density at radius 2 is 2.22 bits per heavy atom. The van der Waals surface area contributed by atoms with Gasteiger partial charge in [0.2, 0.25) is 0 Å². The van der Waals surface area contributed by atoms with E-state index in [2.05, 4.69) is 0 Å². The summed E-state index contributed by atoms with van der Waals surface area (Å²) in [4.78, 5) is 23.2. The molecular formula is C12H13ClN2O3. The molecule has 0 N–H and O–H groups in total. The van der Waals surface area contributed by atoms with E-state index in [1.165, 1.54) is 0 Å². The first-order valence-corrected chi connectivity index (χ1v) is 6.15. The molecule has 0 aliphatic carbocycles. The zero-order chi connectivity index (χ0) is 13.3. The van der Waals surface area contributed by atoms with Gasteiger partial charge in [-0.1, -0.05) is 24.3 Å². The second-order valence-corrected chi connectivity index (χ2v) is 4.66. The monoisotopic (exact) mass is 268 g/mol. The topological polar surface area (TPSA) is 63.5 Å². The summed E-state index contributed by atoms with van der Waals surface area (Å²) in [5, 5.41) is 11.6. The lowest BCUT2D eigenvalue weighted by Crippen LogP contribution is -2.56. The Kier molecular flexibility index (Phi) is 3.26. The van der Waals surface area contributed by atoms with Gasteiger partial charge >= 0.3 is 0 Å². The maximum atomic E-state index is 12.1. The van der Waals surface area contributed by atoms with Crippen molar-refractivity contribution in [3.8, 4) is 0 Å². The Labute approximate surface area is 109 Å². The number of carbonyl (C=O) groups is 1. The molecule has 0 saturated carbocycles. The molecule has 0 radical (unpaired) electrons. The third kappa shape index (κ3) is 1.75. The second-order valence-electron chi connectivity index (χ2n) is 4.40. The fraction of sp³-hybridized carbons (Fsp3) is 0.417. The quantitative estimate of drug-likeness (QED) is 0.476. The average Bonchev–Trinajstić information content (AvgIpc) is 2.37. The summed E-state index contributed by atoms with van der Waals surface area (Å²) < 4.78 is 0. The SMILES string of the molecule is CC1(C(=O)CCl)c2ccccc2CCN1[N+](=O)[O-]. The van der Waals surface area contributed by atoms with Crippen LogP contribution < -0.4 is 0 Å². The summed E-state index contributed by atoms with van der Waals surface area (Å²) in [6.07, 6.45) is 0.558. The van der Waals surface area contributed by atoms with Gasteiger partial charge in [0.05, 0.1) is 12.4 Å². The minimum Gasteiger partial charge on any atom is -0.295 e. The molecule has 1 aliphatic rings. The molecule has 1 atom stereocenters. The fourth-order valence-electron chi connectivity index (χ4n) is 2.47. The van der Waals surface area contributed by atoms with E-state index in [9.17, 15) is 14.9 Å². The molecule has 1 aromatic rings. The molecule has 0 saturated heterocycles. The predicted molar refractivity (Wildman–Crippen MR) is 66.9 cm³/mol. The third-order valence-corrected chi connectivity index (χ3v) is 3.76. The molecule has 0 amide bonds. The predicted octanol–water partition coefficient (Wildman–Crippen LogP) is 1.76. The highest BCUT2D eigenvalue weighted by molar-refractivity contribution is 6.29.